The maximum absolute atomic E-state index is 13.1. The second kappa shape index (κ2) is 9.35. The molecule has 2 N–H and O–H groups in total. The number of carbonyl (C=O) groups is 1. The molecule has 0 spiro atoms. The number of anilines is 1. The third-order valence-electron chi connectivity index (χ3n) is 6.13. The highest BCUT2D eigenvalue weighted by atomic mass is 16.5. The molecule has 1 heterocycles. The Morgan fingerprint density at radius 1 is 1.10 bits per heavy atom. The summed E-state index contributed by atoms with van der Waals surface area (Å²) in [5.41, 5.74) is 1.23. The van der Waals surface area contributed by atoms with E-state index in [9.17, 15) is 14.7 Å². The molecule has 6 heteroatoms. The maximum Gasteiger partial charge on any atom is 0.260 e. The summed E-state index contributed by atoms with van der Waals surface area (Å²) in [6.07, 6.45) is 6.30. The van der Waals surface area contributed by atoms with Gasteiger partial charge in [0, 0.05) is 28.6 Å². The fourth-order valence-corrected chi connectivity index (χ4v) is 4.39. The van der Waals surface area contributed by atoms with Gasteiger partial charge in [-0.1, -0.05) is 37.5 Å². The van der Waals surface area contributed by atoms with Crippen LogP contribution in [0.15, 0.2) is 59.5 Å². The zero-order chi connectivity index (χ0) is 21.8. The van der Waals surface area contributed by atoms with E-state index in [1.54, 1.807) is 37.6 Å². The number of carbonyl (C=O) groups excluding carboxylic acids is 1. The summed E-state index contributed by atoms with van der Waals surface area (Å²) in [6.45, 7) is 0. The predicted molar refractivity (Wildman–Crippen MR) is 121 cm³/mol. The zero-order valence-corrected chi connectivity index (χ0v) is 17.7. The summed E-state index contributed by atoms with van der Waals surface area (Å²) in [6, 6.07) is 14.4. The molecule has 2 aromatic carbocycles. The van der Waals surface area contributed by atoms with Gasteiger partial charge in [0.15, 0.2) is 0 Å². The van der Waals surface area contributed by atoms with Crippen LogP contribution in [0.5, 0.6) is 5.75 Å². The molecule has 0 saturated heterocycles. The van der Waals surface area contributed by atoms with Gasteiger partial charge < -0.3 is 15.2 Å². The van der Waals surface area contributed by atoms with Gasteiger partial charge in [0.05, 0.1) is 13.5 Å². The first-order valence-electron chi connectivity index (χ1n) is 10.8. The number of benzene rings is 2. The molecule has 1 aliphatic carbocycles. The molecular formula is C25H28N2O4. The SMILES string of the molecule is COc1ccc(CC(=O)Nc2cccc3c(=O)n(C(O)C4CCCCC4)ccc23)cc1. The number of methoxy groups -OCH3 is 1. The van der Waals surface area contributed by atoms with Crippen LogP contribution in [0.4, 0.5) is 5.69 Å². The molecule has 0 bridgehead atoms. The van der Waals surface area contributed by atoms with Gasteiger partial charge in [0.25, 0.3) is 5.56 Å². The minimum Gasteiger partial charge on any atom is -0.497 e. The lowest BCUT2D eigenvalue weighted by Gasteiger charge is -2.28. The van der Waals surface area contributed by atoms with E-state index in [0.29, 0.717) is 16.5 Å². The molecule has 4 rings (SSSR count). The average Bonchev–Trinajstić information content (AvgIpc) is 2.80. The lowest BCUT2D eigenvalue weighted by atomic mass is 9.88. The highest BCUT2D eigenvalue weighted by Gasteiger charge is 2.24. The van der Waals surface area contributed by atoms with Crippen molar-refractivity contribution >= 4 is 22.4 Å². The molecule has 1 aromatic heterocycles. The van der Waals surface area contributed by atoms with Crippen molar-refractivity contribution in [1.29, 1.82) is 0 Å². The van der Waals surface area contributed by atoms with Crippen LogP contribution >= 0.6 is 0 Å². The molecular weight excluding hydrogens is 392 g/mol. The number of nitrogens with zero attached hydrogens (tertiary/aromatic N) is 1. The Balaban J connectivity index is 1.55. The van der Waals surface area contributed by atoms with Gasteiger partial charge in [-0.05, 0) is 48.7 Å². The molecule has 1 saturated carbocycles. The van der Waals surface area contributed by atoms with Crippen LogP contribution in [-0.4, -0.2) is 22.7 Å². The first-order valence-corrected chi connectivity index (χ1v) is 10.8. The van der Waals surface area contributed by atoms with Gasteiger partial charge in [-0.15, -0.1) is 0 Å². The zero-order valence-electron chi connectivity index (χ0n) is 17.7. The normalized spacial score (nSPS) is 15.5. The molecule has 6 nitrogen and oxygen atoms in total. The average molecular weight is 421 g/mol. The first kappa shape index (κ1) is 21.1. The van der Waals surface area contributed by atoms with Crippen molar-refractivity contribution in [2.24, 2.45) is 5.92 Å². The lowest BCUT2D eigenvalue weighted by Crippen LogP contribution is -2.30. The Bertz CT molecular complexity index is 1110. The number of aromatic nitrogens is 1. The van der Waals surface area contributed by atoms with E-state index in [1.807, 2.05) is 24.3 Å². The highest BCUT2D eigenvalue weighted by Crippen LogP contribution is 2.31. The Morgan fingerprint density at radius 2 is 1.84 bits per heavy atom. The number of fused-ring (bicyclic) bond motifs is 1. The van der Waals surface area contributed by atoms with Crippen molar-refractivity contribution < 1.29 is 14.6 Å². The lowest BCUT2D eigenvalue weighted by molar-refractivity contribution is -0.115. The summed E-state index contributed by atoms with van der Waals surface area (Å²) in [7, 11) is 1.60. The highest BCUT2D eigenvalue weighted by molar-refractivity contribution is 6.02. The van der Waals surface area contributed by atoms with Gasteiger partial charge >= 0.3 is 0 Å². The minimum absolute atomic E-state index is 0.108. The number of pyridine rings is 1. The van der Waals surface area contributed by atoms with Crippen molar-refractivity contribution in [1.82, 2.24) is 4.57 Å². The molecule has 3 aromatic rings. The molecule has 1 amide bonds. The smallest absolute Gasteiger partial charge is 0.260 e. The van der Waals surface area contributed by atoms with Gasteiger partial charge in [0.1, 0.15) is 12.0 Å². The van der Waals surface area contributed by atoms with E-state index in [2.05, 4.69) is 5.32 Å². The number of hydrogen-bond donors (Lipinski definition) is 2. The Hall–Kier alpha value is -3.12. The van der Waals surface area contributed by atoms with E-state index in [4.69, 9.17) is 4.74 Å². The van der Waals surface area contributed by atoms with Crippen LogP contribution in [-0.2, 0) is 11.2 Å². The fraction of sp³-hybridized carbons (Fsp3) is 0.360. The van der Waals surface area contributed by atoms with Crippen molar-refractivity contribution in [3.05, 3.63) is 70.6 Å². The standard InChI is InChI=1S/C25H28N2O4/c1-31-19-12-10-17(11-13-19)16-23(28)26-22-9-5-8-21-20(22)14-15-27(25(21)30)24(29)18-6-3-2-4-7-18/h5,8-15,18,24,29H,2-4,6-7,16H2,1H3,(H,26,28). The van der Waals surface area contributed by atoms with Crippen molar-refractivity contribution in [2.45, 2.75) is 44.8 Å². The van der Waals surface area contributed by atoms with Gasteiger partial charge in [-0.25, -0.2) is 0 Å². The summed E-state index contributed by atoms with van der Waals surface area (Å²) in [5.74, 6) is 0.685. The maximum atomic E-state index is 13.1. The van der Waals surface area contributed by atoms with E-state index < -0.39 is 6.23 Å². The number of ether oxygens (including phenoxy) is 1. The number of aliphatic hydroxyl groups is 1. The largest absolute Gasteiger partial charge is 0.497 e. The monoisotopic (exact) mass is 420 g/mol. The molecule has 1 atom stereocenters. The quantitative estimate of drug-likeness (QED) is 0.624. The topological polar surface area (TPSA) is 80.6 Å². The van der Waals surface area contributed by atoms with Crippen molar-refractivity contribution in [3.63, 3.8) is 0 Å². The first-order chi connectivity index (χ1) is 15.1. The number of hydrogen-bond acceptors (Lipinski definition) is 4. The summed E-state index contributed by atoms with van der Waals surface area (Å²) < 4.78 is 6.58. The minimum atomic E-state index is -0.814. The van der Waals surface area contributed by atoms with Crippen molar-refractivity contribution in [3.8, 4) is 5.75 Å². The van der Waals surface area contributed by atoms with Crippen LogP contribution in [0.1, 0.15) is 43.9 Å². The molecule has 0 aliphatic heterocycles. The molecule has 31 heavy (non-hydrogen) atoms. The fourth-order valence-electron chi connectivity index (χ4n) is 4.39. The van der Waals surface area contributed by atoms with Gasteiger partial charge in [0.2, 0.25) is 5.91 Å². The predicted octanol–water partition coefficient (Wildman–Crippen LogP) is 4.26. The van der Waals surface area contributed by atoms with Crippen molar-refractivity contribution in [2.75, 3.05) is 12.4 Å². The van der Waals surface area contributed by atoms with Crippen LogP contribution < -0.4 is 15.6 Å². The molecule has 0 radical (unpaired) electrons. The Kier molecular flexibility index (Phi) is 6.37. The van der Waals surface area contributed by atoms with Crippen LogP contribution in [0.3, 0.4) is 0 Å². The van der Waals surface area contributed by atoms with E-state index in [-0.39, 0.29) is 23.8 Å². The van der Waals surface area contributed by atoms with Gasteiger partial charge in [-0.2, -0.15) is 0 Å². The molecule has 1 fully saturated rings. The molecule has 1 aliphatic rings. The summed E-state index contributed by atoms with van der Waals surface area (Å²) in [4.78, 5) is 25.7. The number of amides is 1. The Morgan fingerprint density at radius 3 is 2.55 bits per heavy atom. The number of rotatable bonds is 6. The second-order valence-corrected chi connectivity index (χ2v) is 8.18. The van der Waals surface area contributed by atoms with Gasteiger partial charge in [-0.3, -0.25) is 14.2 Å². The molecule has 162 valence electrons. The summed E-state index contributed by atoms with van der Waals surface area (Å²) in [5, 5.41) is 14.9. The van der Waals surface area contributed by atoms with Crippen LogP contribution in [0.25, 0.3) is 10.8 Å². The van der Waals surface area contributed by atoms with Crippen LogP contribution in [0, 0.1) is 5.92 Å². The van der Waals surface area contributed by atoms with E-state index in [1.165, 1.54) is 11.0 Å². The second-order valence-electron chi connectivity index (χ2n) is 8.18. The number of aliphatic hydroxyl groups excluding tert-OH is 1. The van der Waals surface area contributed by atoms with Crippen LogP contribution in [0.2, 0.25) is 0 Å². The molecule has 1 unspecified atom stereocenters. The van der Waals surface area contributed by atoms with E-state index in [0.717, 1.165) is 37.0 Å². The summed E-state index contributed by atoms with van der Waals surface area (Å²) >= 11 is 0. The third-order valence-corrected chi connectivity index (χ3v) is 6.13. The Labute approximate surface area is 181 Å². The number of nitrogens with one attached hydrogen (secondary N) is 1. The van der Waals surface area contributed by atoms with E-state index >= 15 is 0 Å². The third kappa shape index (κ3) is 4.64.